The molecule has 8 nitrogen and oxygen atoms in total. The third-order valence-electron chi connectivity index (χ3n) is 9.04. The van der Waals surface area contributed by atoms with Gasteiger partial charge in [-0.25, -0.2) is 5.43 Å². The number of fused-ring (bicyclic) bond motifs is 1. The van der Waals surface area contributed by atoms with Gasteiger partial charge in [0, 0.05) is 37.0 Å². The molecule has 2 aliphatic rings. The second-order valence-corrected chi connectivity index (χ2v) is 15.1. The maximum atomic E-state index is 13.6. The summed E-state index contributed by atoms with van der Waals surface area (Å²) >= 11 is 7.06. The van der Waals surface area contributed by atoms with Crippen LogP contribution in [0.3, 0.4) is 0 Å². The van der Waals surface area contributed by atoms with E-state index in [1.165, 1.54) is 36.7 Å². The zero-order chi connectivity index (χ0) is 35.3. The number of likely N-dealkylation sites (tertiary alicyclic amines) is 1. The molecule has 2 aromatic carbocycles. The van der Waals surface area contributed by atoms with Crippen molar-refractivity contribution in [3.8, 4) is 0 Å². The van der Waals surface area contributed by atoms with Gasteiger partial charge >= 0.3 is 6.18 Å². The number of nitrogens with one attached hydrogen (secondary N) is 2. The van der Waals surface area contributed by atoms with Crippen LogP contribution in [0.25, 0.3) is 0 Å². The Bertz CT molecular complexity index is 1730. The van der Waals surface area contributed by atoms with Crippen molar-refractivity contribution < 1.29 is 27.6 Å². The highest BCUT2D eigenvalue weighted by atomic mass is 35.5. The number of amides is 3. The lowest BCUT2D eigenvalue weighted by Gasteiger charge is -2.29. The molecule has 1 aromatic heterocycles. The van der Waals surface area contributed by atoms with Crippen molar-refractivity contribution >= 4 is 51.9 Å². The Morgan fingerprint density at radius 1 is 1.08 bits per heavy atom. The van der Waals surface area contributed by atoms with Crippen LogP contribution in [0.2, 0.25) is 5.02 Å². The summed E-state index contributed by atoms with van der Waals surface area (Å²) in [5.74, 6) is -0.938. The largest absolute Gasteiger partial charge is 0.417 e. The van der Waals surface area contributed by atoms with Crippen molar-refractivity contribution in [2.75, 3.05) is 32.0 Å². The average molecular weight is 716 g/mol. The molecule has 49 heavy (non-hydrogen) atoms. The van der Waals surface area contributed by atoms with Gasteiger partial charge in [0.2, 0.25) is 5.91 Å². The quantitative estimate of drug-likeness (QED) is 0.166. The zero-order valence-electron chi connectivity index (χ0n) is 27.9. The molecule has 0 atom stereocenters. The predicted molar refractivity (Wildman–Crippen MR) is 187 cm³/mol. The number of nitrogens with zero attached hydrogens (tertiary/aromatic N) is 3. The number of halogens is 4. The topological polar surface area (TPSA) is 94.1 Å². The van der Waals surface area contributed by atoms with E-state index in [1.807, 2.05) is 6.07 Å². The number of carbonyl (C=O) groups is 3. The molecule has 2 heterocycles. The SMILES string of the molecule is CN(Cc1cccc(C(=O)Nc2sc3c(c2C(=O)N/N=C/c2ccc(Cl)c(C(F)(F)F)c2)CCC(C)(C)C3)c1)C(=O)CCN1CCCCC1. The van der Waals surface area contributed by atoms with Gasteiger partial charge in [-0.1, -0.05) is 50.1 Å². The van der Waals surface area contributed by atoms with Crippen molar-refractivity contribution in [1.82, 2.24) is 15.2 Å². The van der Waals surface area contributed by atoms with Gasteiger partial charge in [0.05, 0.1) is 22.4 Å². The van der Waals surface area contributed by atoms with Crippen molar-refractivity contribution in [1.29, 1.82) is 0 Å². The van der Waals surface area contributed by atoms with Crippen LogP contribution in [0.1, 0.15) is 93.8 Å². The second-order valence-electron chi connectivity index (χ2n) is 13.5. The van der Waals surface area contributed by atoms with Gasteiger partial charge in [0.1, 0.15) is 5.00 Å². The molecule has 0 unspecified atom stereocenters. The number of hydrogen-bond acceptors (Lipinski definition) is 6. The summed E-state index contributed by atoms with van der Waals surface area (Å²) in [6.07, 6.45) is 2.70. The van der Waals surface area contributed by atoms with Crippen LogP contribution in [0.5, 0.6) is 0 Å². The van der Waals surface area contributed by atoms with Gasteiger partial charge in [0.15, 0.2) is 0 Å². The fourth-order valence-corrected chi connectivity index (χ4v) is 7.99. The summed E-state index contributed by atoms with van der Waals surface area (Å²) in [7, 11) is 1.76. The molecule has 0 saturated carbocycles. The first-order valence-electron chi connectivity index (χ1n) is 16.4. The van der Waals surface area contributed by atoms with E-state index in [4.69, 9.17) is 11.6 Å². The molecule has 0 radical (unpaired) electrons. The van der Waals surface area contributed by atoms with Crippen LogP contribution in [0, 0.1) is 5.41 Å². The van der Waals surface area contributed by atoms with Crippen LogP contribution >= 0.6 is 22.9 Å². The highest BCUT2D eigenvalue weighted by Gasteiger charge is 2.34. The maximum absolute atomic E-state index is 13.6. The van der Waals surface area contributed by atoms with E-state index in [1.54, 1.807) is 30.1 Å². The highest BCUT2D eigenvalue weighted by molar-refractivity contribution is 7.17. The number of alkyl halides is 3. The average Bonchev–Trinajstić information content (AvgIpc) is 3.40. The van der Waals surface area contributed by atoms with E-state index in [2.05, 4.69) is 34.6 Å². The summed E-state index contributed by atoms with van der Waals surface area (Å²) in [6.45, 7) is 7.47. The first-order chi connectivity index (χ1) is 23.2. The van der Waals surface area contributed by atoms with Gasteiger partial charge in [-0.15, -0.1) is 11.3 Å². The summed E-state index contributed by atoms with van der Waals surface area (Å²) in [5.41, 5.74) is 3.86. The minimum absolute atomic E-state index is 0.0153. The monoisotopic (exact) mass is 715 g/mol. The fourth-order valence-electron chi connectivity index (χ4n) is 6.27. The minimum Gasteiger partial charge on any atom is -0.341 e. The van der Waals surface area contributed by atoms with E-state index >= 15 is 0 Å². The molecular weight excluding hydrogens is 675 g/mol. The second kappa shape index (κ2) is 15.4. The first-order valence-corrected chi connectivity index (χ1v) is 17.6. The number of thiophene rings is 1. The molecule has 1 aliphatic carbocycles. The Labute approximate surface area is 293 Å². The van der Waals surface area contributed by atoms with Crippen LogP contribution in [-0.2, 0) is 30.4 Å². The fraction of sp³-hybridized carbons (Fsp3) is 0.444. The summed E-state index contributed by atoms with van der Waals surface area (Å²) in [4.78, 5) is 44.9. The standard InChI is InChI=1S/C36H41ClF3N5O3S/c1-35(2)14-12-26-29(20-35)49-34(31(26)33(48)43-41-21-23-10-11-28(37)27(19-23)36(38,39)40)42-32(47)25-9-7-8-24(18-25)22-44(3)30(46)13-17-45-15-5-4-6-16-45/h7-11,18-19,21H,4-6,12-17,20,22H2,1-3H3,(H,42,47)(H,43,48)/b41-21+. The van der Waals surface area contributed by atoms with E-state index in [-0.39, 0.29) is 16.9 Å². The lowest BCUT2D eigenvalue weighted by Crippen LogP contribution is -2.34. The van der Waals surface area contributed by atoms with Crippen LogP contribution in [0.4, 0.5) is 18.2 Å². The molecule has 2 N–H and O–H groups in total. The van der Waals surface area contributed by atoms with Gasteiger partial charge in [-0.05, 0) is 91.6 Å². The molecule has 1 saturated heterocycles. The van der Waals surface area contributed by atoms with E-state index < -0.39 is 28.6 Å². The molecular formula is C36H41ClF3N5O3S. The van der Waals surface area contributed by atoms with Crippen LogP contribution in [-0.4, -0.2) is 60.4 Å². The zero-order valence-corrected chi connectivity index (χ0v) is 29.5. The lowest BCUT2D eigenvalue weighted by molar-refractivity contribution is -0.137. The number of carbonyl (C=O) groups excluding carboxylic acids is 3. The number of benzene rings is 2. The molecule has 0 bridgehead atoms. The Kier molecular flexibility index (Phi) is 11.5. The first kappa shape index (κ1) is 36.5. The van der Waals surface area contributed by atoms with Gasteiger partial charge in [-0.3, -0.25) is 14.4 Å². The number of hydrogen-bond donors (Lipinski definition) is 2. The normalized spacial score (nSPS) is 16.3. The smallest absolute Gasteiger partial charge is 0.341 e. The highest BCUT2D eigenvalue weighted by Crippen LogP contribution is 2.44. The number of rotatable bonds is 10. The lowest BCUT2D eigenvalue weighted by atomic mass is 9.77. The molecule has 262 valence electrons. The van der Waals surface area contributed by atoms with Crippen molar-refractivity contribution in [3.05, 3.63) is 85.7 Å². The predicted octanol–water partition coefficient (Wildman–Crippen LogP) is 7.79. The third kappa shape index (κ3) is 9.49. The molecule has 3 amide bonds. The molecule has 1 aliphatic heterocycles. The Morgan fingerprint density at radius 3 is 2.57 bits per heavy atom. The van der Waals surface area contributed by atoms with Gasteiger partial charge in [0.25, 0.3) is 11.8 Å². The Hall–Kier alpha value is -3.74. The van der Waals surface area contributed by atoms with Crippen LogP contribution < -0.4 is 10.7 Å². The Morgan fingerprint density at radius 2 is 1.84 bits per heavy atom. The molecule has 5 rings (SSSR count). The minimum atomic E-state index is -4.64. The number of anilines is 1. The van der Waals surface area contributed by atoms with Gasteiger partial charge in [-0.2, -0.15) is 18.3 Å². The molecule has 3 aromatic rings. The number of piperidine rings is 1. The van der Waals surface area contributed by atoms with Crippen molar-refractivity contribution in [2.45, 2.75) is 71.5 Å². The van der Waals surface area contributed by atoms with E-state index in [0.29, 0.717) is 35.5 Å². The maximum Gasteiger partial charge on any atom is 0.417 e. The van der Waals surface area contributed by atoms with Crippen molar-refractivity contribution in [2.24, 2.45) is 10.5 Å². The third-order valence-corrected chi connectivity index (χ3v) is 10.5. The summed E-state index contributed by atoms with van der Waals surface area (Å²) in [5, 5.41) is 6.80. The summed E-state index contributed by atoms with van der Waals surface area (Å²) in [6, 6.07) is 10.4. The number of hydrazone groups is 1. The molecule has 1 fully saturated rings. The van der Waals surface area contributed by atoms with Crippen molar-refractivity contribution in [3.63, 3.8) is 0 Å². The van der Waals surface area contributed by atoms with E-state index in [9.17, 15) is 27.6 Å². The Balaban J connectivity index is 1.29. The van der Waals surface area contributed by atoms with Crippen LogP contribution in [0.15, 0.2) is 47.6 Å². The molecule has 13 heteroatoms. The van der Waals surface area contributed by atoms with E-state index in [0.717, 1.165) is 66.8 Å². The van der Waals surface area contributed by atoms with Gasteiger partial charge < -0.3 is 15.1 Å². The summed E-state index contributed by atoms with van der Waals surface area (Å²) < 4.78 is 39.9. The molecule has 0 spiro atoms.